The lowest BCUT2D eigenvalue weighted by atomic mass is 9.80. The summed E-state index contributed by atoms with van der Waals surface area (Å²) in [5, 5.41) is 55.8. The molecule has 0 radical (unpaired) electrons. The monoisotopic (exact) mass is 1840 g/mol. The van der Waals surface area contributed by atoms with Crippen LogP contribution in [0, 0.1) is 29.6 Å². The number of allylic oxidation sites excluding steroid dienone is 5. The van der Waals surface area contributed by atoms with Gasteiger partial charge in [-0.25, -0.2) is 39.4 Å². The highest BCUT2D eigenvalue weighted by Gasteiger charge is 2.53. The van der Waals surface area contributed by atoms with Crippen molar-refractivity contribution in [1.29, 1.82) is 0 Å². The van der Waals surface area contributed by atoms with Crippen LogP contribution in [0.15, 0.2) is 120 Å². The second kappa shape index (κ2) is 44.4. The third kappa shape index (κ3) is 23.7. The van der Waals surface area contributed by atoms with Gasteiger partial charge < -0.3 is 100 Å². The molecular formula is C95H127N19O17S. The van der Waals surface area contributed by atoms with Crippen LogP contribution in [0.1, 0.15) is 158 Å². The molecule has 6 aliphatic heterocycles. The van der Waals surface area contributed by atoms with E-state index < -0.39 is 108 Å². The van der Waals surface area contributed by atoms with Gasteiger partial charge >= 0.3 is 5.97 Å². The summed E-state index contributed by atoms with van der Waals surface area (Å²) >= 11 is 5.73. The molecule has 5 aromatic heterocycles. The molecule has 11 N–H and O–H groups in total. The number of anilines is 4. The van der Waals surface area contributed by atoms with Crippen LogP contribution in [0.4, 0.5) is 23.7 Å². The Labute approximate surface area is 774 Å². The Kier molecular flexibility index (Phi) is 32.8. The first kappa shape index (κ1) is 97.3. The third-order valence-corrected chi connectivity index (χ3v) is 27.4. The molecule has 132 heavy (non-hydrogen) atoms. The van der Waals surface area contributed by atoms with E-state index >= 15 is 0 Å². The van der Waals surface area contributed by atoms with Gasteiger partial charge in [0.15, 0.2) is 17.0 Å². The molecule has 3 amide bonds. The fourth-order valence-corrected chi connectivity index (χ4v) is 19.3. The quantitative estimate of drug-likeness (QED) is 0.0126. The van der Waals surface area contributed by atoms with Crippen molar-refractivity contribution in [1.82, 2.24) is 69.6 Å². The molecule has 4 saturated heterocycles. The van der Waals surface area contributed by atoms with E-state index in [0.29, 0.717) is 194 Å². The average molecular weight is 1840 g/mol. The highest BCUT2D eigenvalue weighted by molar-refractivity contribution is 7.80. The van der Waals surface area contributed by atoms with Crippen molar-refractivity contribution in [2.24, 2.45) is 35.3 Å². The van der Waals surface area contributed by atoms with Gasteiger partial charge in [0.05, 0.1) is 61.5 Å². The second-order valence-electron chi connectivity index (χ2n) is 36.5. The number of benzene rings is 2. The minimum atomic E-state index is -2.50. The molecule has 37 heteroatoms. The van der Waals surface area contributed by atoms with Crippen molar-refractivity contribution >= 4 is 98.5 Å². The van der Waals surface area contributed by atoms with E-state index in [4.69, 9.17) is 67.4 Å². The third-order valence-electron chi connectivity index (χ3n) is 27.1. The van der Waals surface area contributed by atoms with Crippen molar-refractivity contribution in [2.45, 2.75) is 218 Å². The number of carbonyl (C=O) groups is 6. The van der Waals surface area contributed by atoms with Gasteiger partial charge in [0.25, 0.3) is 28.8 Å². The first-order valence-electron chi connectivity index (χ1n) is 46.2. The Morgan fingerprint density at radius 3 is 2.22 bits per heavy atom. The van der Waals surface area contributed by atoms with Crippen LogP contribution in [-0.2, 0) is 78.4 Å². The van der Waals surface area contributed by atoms with Crippen molar-refractivity contribution < 1.29 is 82.0 Å². The van der Waals surface area contributed by atoms with E-state index in [2.05, 4.69) is 68.2 Å². The maximum atomic E-state index is 14.8. The number of ether oxygens (including phenoxy) is 6. The summed E-state index contributed by atoms with van der Waals surface area (Å²) in [4.78, 5) is 128. The minimum absolute atomic E-state index is 0.0228. The van der Waals surface area contributed by atoms with E-state index in [1.165, 1.54) is 6.33 Å². The number of ketones is 2. The van der Waals surface area contributed by atoms with Gasteiger partial charge in [-0.05, 0) is 155 Å². The summed E-state index contributed by atoms with van der Waals surface area (Å²) in [6.07, 6.45) is 16.7. The van der Waals surface area contributed by atoms with Crippen LogP contribution in [0.3, 0.4) is 0 Å². The Balaban J connectivity index is 0.496. The minimum Gasteiger partial charge on any atom is -0.465 e. The highest BCUT2D eigenvalue weighted by Crippen LogP contribution is 2.40. The van der Waals surface area contributed by atoms with E-state index in [1.807, 2.05) is 75.7 Å². The summed E-state index contributed by atoms with van der Waals surface area (Å²) in [6, 6.07) is 9.78. The first-order valence-corrected chi connectivity index (χ1v) is 46.6. The van der Waals surface area contributed by atoms with Crippen LogP contribution in [0.25, 0.3) is 33.4 Å². The molecule has 7 aliphatic rings. The number of nitrogens with one attached hydrogen (secondary N) is 1. The van der Waals surface area contributed by atoms with E-state index in [-0.39, 0.29) is 79.2 Å². The zero-order chi connectivity index (χ0) is 93.6. The molecule has 1 saturated carbocycles. The Morgan fingerprint density at radius 1 is 0.735 bits per heavy atom. The standard InChI is InChI=1S/C95H127N19O17S/c1-56-14-10-9-11-15-57(2)76(125-7)46-69-22-17-61(6)95(124,131-69)85(120)89(122)113-27-13-12-16-72(113)90(123)128-77(47-73(115)58(3)41-60(5)83(118)84(119)82(117)59(4)40-56)70(96)43-62-19-23-75(78(44-62)126-8)130-94(132)103-50-64-48-99-92(100-49-64)111-35-33-109(34-36-111)79(116)26-38-127-39-37-108-29-31-110(32-30-108)93-101-51-68(52-102-93)88(121)112-28-25-65-42-63(18-20-67(65)54-112)53-114-87-80(86(97)104-55-105-87)81(107-114)66-21-24-74-71(45-66)106-91(98)129-74/h9-11,14-15,18,20-21,24,41-42,45,48-49,51-52,55-56,58-59,61-62,69-70,72-73,75-78,83-84,115,118-119,124H,12-13,16-17,19,22-23,25-40,43-44,46-47,50,53-54,96H2,1-8H3,(H2,98,106)(H,103,132)(H2,97,104,105)/b11-9+,14-10+,57-15+,60-41+/t56-,58-,59-,61-,62+,69+,70-,72+,73-,75-,76+,77+,78-,83-,84+,95-/m1/s1. The summed E-state index contributed by atoms with van der Waals surface area (Å²) in [5.74, 6) is -7.05. The molecule has 2 aromatic carbocycles. The lowest BCUT2D eigenvalue weighted by molar-refractivity contribution is -0.265. The number of aliphatic hydroxyl groups excluding tert-OH is 3. The second-order valence-corrected chi connectivity index (χ2v) is 36.9. The smallest absolute Gasteiger partial charge is 0.329 e. The zero-order valence-corrected chi connectivity index (χ0v) is 77.4. The van der Waals surface area contributed by atoms with Gasteiger partial charge in [0, 0.05) is 172 Å². The normalized spacial score (nSPS) is 28.5. The molecule has 1 aliphatic carbocycles. The number of fused-ring (bicyclic) bond motifs is 6. The number of aliphatic hydroxyl groups is 4. The topological polar surface area (TPSA) is 469 Å². The lowest BCUT2D eigenvalue weighted by Crippen LogP contribution is -2.61. The Bertz CT molecular complexity index is 5330. The number of piperidine rings is 1. The SMILES string of the molecule is CO[C@H]1C[C@@H]2CC[C@@H](C)[C@@](O)(O2)C(=O)C(=O)N2CCCC[C@H]2C(=O)O[C@H]([C@H](N)C[C@@H]2CC[C@@H](OC(=S)NCc3cnc(N4CCN(C(=O)CCOCCN5CCN(c6ncc(C(=O)N7CCc8cc(Cn9nc(-c%10ccc%11oc(N)nc%11c%10)c%10c(N)ncnc%109)ccc8C7)cn6)CC5)CC4)nc3)[C@H](OC)C2)C[C@@H](O)[C@H](C)/C=C(\C)[C@@H](O)[C@@H](O)C(=O)[C@H](C)C[C@H](C)/C=C/C=C/C=C/1C. The number of esters is 1. The number of oxazole rings is 1. The predicted molar refractivity (Wildman–Crippen MR) is 497 cm³/mol. The van der Waals surface area contributed by atoms with Gasteiger partial charge in [-0.3, -0.25) is 28.9 Å². The predicted octanol–water partition coefficient (Wildman–Crippen LogP) is 6.93. The molecule has 0 spiro atoms. The number of piperazine rings is 2. The lowest BCUT2D eigenvalue weighted by Gasteiger charge is -2.43. The molecule has 2 bridgehead atoms. The summed E-state index contributed by atoms with van der Waals surface area (Å²) in [7, 11) is 3.15. The summed E-state index contributed by atoms with van der Waals surface area (Å²) < 4.78 is 44.1. The zero-order valence-electron chi connectivity index (χ0n) is 76.6. The van der Waals surface area contributed by atoms with Crippen LogP contribution in [0.2, 0.25) is 0 Å². The fourth-order valence-electron chi connectivity index (χ4n) is 19.1. The van der Waals surface area contributed by atoms with Gasteiger partial charge in [-0.1, -0.05) is 82.4 Å². The number of Topliss-reactive ketones (excluding diaryl/α,β-unsaturated/α-hetero) is 2. The number of nitrogen functional groups attached to an aromatic ring is 2. The van der Waals surface area contributed by atoms with Gasteiger partial charge in [-0.2, -0.15) is 10.1 Å². The van der Waals surface area contributed by atoms with Crippen molar-refractivity contribution in [2.75, 3.05) is 121 Å². The number of nitrogens with zero attached hydrogens (tertiary/aromatic N) is 15. The van der Waals surface area contributed by atoms with Crippen LogP contribution in [-0.4, -0.2) is 291 Å². The van der Waals surface area contributed by atoms with Crippen LogP contribution < -0.4 is 32.3 Å². The van der Waals surface area contributed by atoms with Crippen LogP contribution >= 0.6 is 12.2 Å². The number of thiocarbonyl (C=S) groups is 1. The number of methoxy groups -OCH3 is 2. The molecular weight excluding hydrogens is 1710 g/mol. The number of amides is 3. The van der Waals surface area contributed by atoms with Gasteiger partial charge in [-0.15, -0.1) is 0 Å². The number of cyclic esters (lactones) is 1. The van der Waals surface area contributed by atoms with Crippen molar-refractivity contribution in [3.8, 4) is 11.3 Å². The molecule has 7 aromatic rings. The number of hydrogen-bond acceptors (Lipinski definition) is 32. The molecule has 16 atom stereocenters. The van der Waals surface area contributed by atoms with E-state index in [9.17, 15) is 49.2 Å². The maximum absolute atomic E-state index is 14.8. The highest BCUT2D eigenvalue weighted by atomic mass is 32.1. The number of hydrogen-bond donors (Lipinski definition) is 8. The number of nitrogens with two attached hydrogens (primary N) is 3. The van der Waals surface area contributed by atoms with Gasteiger partial charge in [0.1, 0.15) is 53.8 Å². The molecule has 36 nitrogen and oxygen atoms in total. The largest absolute Gasteiger partial charge is 0.465 e. The molecule has 0 unspecified atom stereocenters. The molecule has 710 valence electrons. The van der Waals surface area contributed by atoms with Crippen molar-refractivity contribution in [3.63, 3.8) is 0 Å². The van der Waals surface area contributed by atoms with Crippen LogP contribution in [0.5, 0.6) is 0 Å². The molecule has 5 fully saturated rings. The maximum Gasteiger partial charge on any atom is 0.329 e. The summed E-state index contributed by atoms with van der Waals surface area (Å²) in [6.45, 7) is 18.8. The number of aromatic nitrogens is 9. The number of carbonyl (C=O) groups excluding carboxylic acids is 6. The molecule has 14 rings (SSSR count). The molecule has 11 heterocycles. The fraction of sp³-hybridized carbons (Fsp3) is 0.568. The summed E-state index contributed by atoms with van der Waals surface area (Å²) in [5.41, 5.74) is 28.1. The van der Waals surface area contributed by atoms with Gasteiger partial charge in [0.2, 0.25) is 23.6 Å². The average Bonchev–Trinajstić information content (AvgIpc) is 1.26. The van der Waals surface area contributed by atoms with Crippen molar-refractivity contribution in [3.05, 3.63) is 143 Å². The Hall–Kier alpha value is -10.7. The Morgan fingerprint density at radius 2 is 1.48 bits per heavy atom. The van der Waals surface area contributed by atoms with E-state index in [0.717, 1.165) is 51.4 Å². The van der Waals surface area contributed by atoms with E-state index in [1.54, 1.807) is 78.8 Å². The number of rotatable bonds is 20. The first-order chi connectivity index (χ1) is 63.5.